The van der Waals surface area contributed by atoms with E-state index in [4.69, 9.17) is 16.3 Å². The first kappa shape index (κ1) is 10.6. The number of halogens is 1. The maximum Gasteiger partial charge on any atom is 0.508 e. The summed E-state index contributed by atoms with van der Waals surface area (Å²) >= 11 is 5.36. The second kappa shape index (κ2) is 6.28. The van der Waals surface area contributed by atoms with Crippen LogP contribution in [0.3, 0.4) is 0 Å². The van der Waals surface area contributed by atoms with E-state index in [1.807, 2.05) is 0 Å². The molecule has 0 unspecified atom stereocenters. The van der Waals surface area contributed by atoms with Crippen LogP contribution in [0.25, 0.3) is 0 Å². The second-order valence-corrected chi connectivity index (χ2v) is 2.69. The summed E-state index contributed by atoms with van der Waals surface area (Å²) in [4.78, 5) is 10.6. The molecular formula is C7H13ClO3. The van der Waals surface area contributed by atoms with Crippen molar-refractivity contribution in [1.29, 1.82) is 0 Å². The number of ether oxygens (including phenoxy) is 2. The van der Waals surface area contributed by atoms with E-state index in [0.29, 0.717) is 18.9 Å². The van der Waals surface area contributed by atoms with Gasteiger partial charge in [0, 0.05) is 5.88 Å². The fraction of sp³-hybridized carbons (Fsp3) is 0.857. The molecule has 0 aliphatic carbocycles. The van der Waals surface area contributed by atoms with Crippen molar-refractivity contribution >= 4 is 17.8 Å². The predicted molar refractivity (Wildman–Crippen MR) is 42.9 cm³/mol. The molecule has 0 spiro atoms. The van der Waals surface area contributed by atoms with Crippen molar-refractivity contribution in [3.63, 3.8) is 0 Å². The molecule has 11 heavy (non-hydrogen) atoms. The van der Waals surface area contributed by atoms with Gasteiger partial charge >= 0.3 is 6.16 Å². The average Bonchev–Trinajstić information content (AvgIpc) is 1.86. The highest BCUT2D eigenvalue weighted by atomic mass is 35.5. The molecule has 0 atom stereocenters. The summed E-state index contributed by atoms with van der Waals surface area (Å²) in [7, 11) is 0. The first-order chi connectivity index (χ1) is 5.16. The minimum atomic E-state index is -0.620. The lowest BCUT2D eigenvalue weighted by Gasteiger charge is -2.07. The fourth-order valence-electron chi connectivity index (χ4n) is 0.437. The molecule has 0 aromatic rings. The zero-order chi connectivity index (χ0) is 8.69. The van der Waals surface area contributed by atoms with Crippen LogP contribution < -0.4 is 0 Å². The summed E-state index contributed by atoms with van der Waals surface area (Å²) in [6.07, 6.45) is -0.0852. The van der Waals surface area contributed by atoms with Gasteiger partial charge < -0.3 is 9.47 Å². The van der Waals surface area contributed by atoms with E-state index in [1.54, 1.807) is 13.8 Å². The quantitative estimate of drug-likeness (QED) is 0.378. The van der Waals surface area contributed by atoms with Gasteiger partial charge in [0.1, 0.15) is 0 Å². The summed E-state index contributed by atoms with van der Waals surface area (Å²) in [6, 6.07) is 0. The Bertz CT molecular complexity index is 114. The Morgan fingerprint density at radius 2 is 2.18 bits per heavy atom. The second-order valence-electron chi connectivity index (χ2n) is 2.31. The Balaban J connectivity index is 3.23. The van der Waals surface area contributed by atoms with Crippen molar-refractivity contribution in [2.75, 3.05) is 12.5 Å². The van der Waals surface area contributed by atoms with Gasteiger partial charge in [0.2, 0.25) is 0 Å². The molecule has 0 aromatic carbocycles. The van der Waals surface area contributed by atoms with Crippen LogP contribution in [0.1, 0.15) is 20.3 Å². The Labute approximate surface area is 71.6 Å². The Kier molecular flexibility index (Phi) is 6.03. The largest absolute Gasteiger partial charge is 0.508 e. The molecule has 0 N–H and O–H groups in total. The zero-order valence-corrected chi connectivity index (χ0v) is 7.56. The van der Waals surface area contributed by atoms with Gasteiger partial charge in [0.05, 0.1) is 12.7 Å². The van der Waals surface area contributed by atoms with Crippen LogP contribution in [-0.4, -0.2) is 24.7 Å². The summed E-state index contributed by atoms with van der Waals surface area (Å²) in [5.74, 6) is 0.495. The first-order valence-electron chi connectivity index (χ1n) is 3.56. The van der Waals surface area contributed by atoms with Crippen LogP contribution in [0.5, 0.6) is 0 Å². The molecule has 0 bridgehead atoms. The number of hydrogen-bond donors (Lipinski definition) is 0. The van der Waals surface area contributed by atoms with E-state index in [2.05, 4.69) is 4.74 Å². The fourth-order valence-corrected chi connectivity index (χ4v) is 0.546. The molecule has 66 valence electrons. The molecule has 3 nitrogen and oxygen atoms in total. The summed E-state index contributed by atoms with van der Waals surface area (Å²) in [5, 5.41) is 0. The standard InChI is InChI=1S/C7H13ClO3/c1-6(2)11-7(9)10-5-3-4-8/h6H,3-5H2,1-2H3. The van der Waals surface area contributed by atoms with E-state index >= 15 is 0 Å². The molecule has 0 saturated carbocycles. The average molecular weight is 181 g/mol. The lowest BCUT2D eigenvalue weighted by molar-refractivity contribution is 0.0348. The van der Waals surface area contributed by atoms with Crippen molar-refractivity contribution in [2.45, 2.75) is 26.4 Å². The van der Waals surface area contributed by atoms with E-state index in [9.17, 15) is 4.79 Å². The zero-order valence-electron chi connectivity index (χ0n) is 6.80. The molecular weight excluding hydrogens is 168 g/mol. The first-order valence-corrected chi connectivity index (χ1v) is 4.09. The van der Waals surface area contributed by atoms with Crippen LogP contribution in [0.15, 0.2) is 0 Å². The van der Waals surface area contributed by atoms with Gasteiger partial charge in [-0.05, 0) is 20.3 Å². The van der Waals surface area contributed by atoms with Gasteiger partial charge in [-0.3, -0.25) is 0 Å². The lowest BCUT2D eigenvalue weighted by Crippen LogP contribution is -2.13. The van der Waals surface area contributed by atoms with Crippen LogP contribution in [0, 0.1) is 0 Å². The maximum atomic E-state index is 10.6. The number of hydrogen-bond acceptors (Lipinski definition) is 3. The molecule has 0 aliphatic heterocycles. The van der Waals surface area contributed by atoms with Gasteiger partial charge in [-0.25, -0.2) is 4.79 Å². The number of rotatable bonds is 4. The summed E-state index contributed by atoms with van der Waals surface area (Å²) in [5.41, 5.74) is 0. The monoisotopic (exact) mass is 180 g/mol. The van der Waals surface area contributed by atoms with Gasteiger partial charge in [-0.2, -0.15) is 0 Å². The molecule has 0 saturated heterocycles. The third-order valence-corrected chi connectivity index (χ3v) is 1.10. The minimum absolute atomic E-state index is 0.126. The number of alkyl halides is 1. The maximum absolute atomic E-state index is 10.6. The van der Waals surface area contributed by atoms with Crippen LogP contribution in [-0.2, 0) is 9.47 Å². The Morgan fingerprint density at radius 3 is 2.64 bits per heavy atom. The van der Waals surface area contributed by atoms with Crippen molar-refractivity contribution in [2.24, 2.45) is 0 Å². The molecule has 0 rings (SSSR count). The molecule has 4 heteroatoms. The highest BCUT2D eigenvalue weighted by Crippen LogP contribution is 1.94. The smallest absolute Gasteiger partial charge is 0.434 e. The molecule has 0 fully saturated rings. The Morgan fingerprint density at radius 1 is 1.55 bits per heavy atom. The van der Waals surface area contributed by atoms with Crippen molar-refractivity contribution < 1.29 is 14.3 Å². The molecule has 0 aromatic heterocycles. The predicted octanol–water partition coefficient (Wildman–Crippen LogP) is 2.18. The van der Waals surface area contributed by atoms with Crippen LogP contribution in [0.2, 0.25) is 0 Å². The summed E-state index contributed by atoms with van der Waals surface area (Å²) in [6.45, 7) is 3.86. The van der Waals surface area contributed by atoms with E-state index in [1.165, 1.54) is 0 Å². The molecule has 0 radical (unpaired) electrons. The van der Waals surface area contributed by atoms with E-state index in [-0.39, 0.29) is 6.10 Å². The van der Waals surface area contributed by atoms with Crippen molar-refractivity contribution in [1.82, 2.24) is 0 Å². The van der Waals surface area contributed by atoms with Crippen molar-refractivity contribution in [3.8, 4) is 0 Å². The van der Waals surface area contributed by atoms with Gasteiger partial charge in [-0.1, -0.05) is 0 Å². The molecule has 0 amide bonds. The van der Waals surface area contributed by atoms with E-state index < -0.39 is 6.16 Å². The highest BCUT2D eigenvalue weighted by Gasteiger charge is 2.04. The highest BCUT2D eigenvalue weighted by molar-refractivity contribution is 6.17. The minimum Gasteiger partial charge on any atom is -0.434 e. The van der Waals surface area contributed by atoms with Gasteiger partial charge in [0.15, 0.2) is 0 Å². The van der Waals surface area contributed by atoms with Gasteiger partial charge in [0.25, 0.3) is 0 Å². The van der Waals surface area contributed by atoms with E-state index in [0.717, 1.165) is 0 Å². The van der Waals surface area contributed by atoms with Crippen molar-refractivity contribution in [3.05, 3.63) is 0 Å². The molecule has 0 heterocycles. The number of carbonyl (C=O) groups excluding carboxylic acids is 1. The van der Waals surface area contributed by atoms with Crippen LogP contribution in [0.4, 0.5) is 4.79 Å². The topological polar surface area (TPSA) is 35.5 Å². The van der Waals surface area contributed by atoms with Crippen LogP contribution >= 0.6 is 11.6 Å². The lowest BCUT2D eigenvalue weighted by atomic mass is 10.5. The third-order valence-electron chi connectivity index (χ3n) is 0.830. The SMILES string of the molecule is CC(C)OC(=O)OCCCCl. The Hall–Kier alpha value is -0.440. The van der Waals surface area contributed by atoms with Gasteiger partial charge in [-0.15, -0.1) is 11.6 Å². The number of carbonyl (C=O) groups is 1. The third kappa shape index (κ3) is 7.46. The summed E-state index contributed by atoms with van der Waals surface area (Å²) < 4.78 is 9.34. The molecule has 0 aliphatic rings. The normalized spacial score (nSPS) is 9.82.